The van der Waals surface area contributed by atoms with Gasteiger partial charge in [0, 0.05) is 25.5 Å². The third kappa shape index (κ3) is 4.46. The SMILES string of the molecule is CCCNC(=O)[C@@H](C)OC(=O)C1=NN(c2c(F)c(F)cc(F)c2F)C(=O)CC1. The fraction of sp³-hybridized carbons (Fsp3) is 0.412. The lowest BCUT2D eigenvalue weighted by Gasteiger charge is -2.24. The summed E-state index contributed by atoms with van der Waals surface area (Å²) in [6.07, 6.45) is -1.18. The van der Waals surface area contributed by atoms with E-state index in [9.17, 15) is 31.9 Å². The second kappa shape index (κ2) is 8.81. The Bertz CT molecular complexity index is 818. The number of hydrazone groups is 1. The smallest absolute Gasteiger partial charge is 0.355 e. The Hall–Kier alpha value is -2.98. The van der Waals surface area contributed by atoms with Crippen LogP contribution in [0.3, 0.4) is 0 Å². The number of carbonyl (C=O) groups excluding carboxylic acids is 3. The molecule has 0 fully saturated rings. The predicted molar refractivity (Wildman–Crippen MR) is 89.3 cm³/mol. The summed E-state index contributed by atoms with van der Waals surface area (Å²) in [5, 5.41) is 6.08. The molecular weight excluding hydrogens is 386 g/mol. The zero-order valence-electron chi connectivity index (χ0n) is 15.0. The minimum atomic E-state index is -1.84. The fourth-order valence-electron chi connectivity index (χ4n) is 2.30. The van der Waals surface area contributed by atoms with Crippen molar-refractivity contribution in [1.82, 2.24) is 5.32 Å². The zero-order chi connectivity index (χ0) is 21.0. The lowest BCUT2D eigenvalue weighted by molar-refractivity contribution is -0.148. The number of anilines is 1. The van der Waals surface area contributed by atoms with Gasteiger partial charge < -0.3 is 10.1 Å². The molecule has 0 unspecified atom stereocenters. The first-order chi connectivity index (χ1) is 13.2. The number of ether oxygens (including phenoxy) is 1. The van der Waals surface area contributed by atoms with Crippen molar-refractivity contribution in [2.75, 3.05) is 11.6 Å². The second-order valence-corrected chi connectivity index (χ2v) is 5.91. The number of halogens is 4. The molecule has 1 N–H and O–H groups in total. The van der Waals surface area contributed by atoms with Crippen LogP contribution in [0.2, 0.25) is 0 Å². The van der Waals surface area contributed by atoms with Crippen molar-refractivity contribution in [1.29, 1.82) is 0 Å². The molecule has 2 rings (SSSR count). The van der Waals surface area contributed by atoms with Crippen LogP contribution in [0, 0.1) is 23.3 Å². The number of carbonyl (C=O) groups is 3. The van der Waals surface area contributed by atoms with Crippen molar-refractivity contribution in [3.8, 4) is 0 Å². The molecule has 28 heavy (non-hydrogen) atoms. The van der Waals surface area contributed by atoms with Crippen molar-refractivity contribution >= 4 is 29.2 Å². The maximum atomic E-state index is 13.9. The normalized spacial score (nSPS) is 15.1. The van der Waals surface area contributed by atoms with Crippen molar-refractivity contribution in [2.24, 2.45) is 5.10 Å². The maximum absolute atomic E-state index is 13.9. The molecular formula is C17H17F4N3O4. The van der Waals surface area contributed by atoms with Crippen molar-refractivity contribution in [2.45, 2.75) is 39.2 Å². The highest BCUT2D eigenvalue weighted by atomic mass is 19.2. The molecule has 11 heteroatoms. The Morgan fingerprint density at radius 1 is 1.21 bits per heavy atom. The monoisotopic (exact) mass is 403 g/mol. The first-order valence-corrected chi connectivity index (χ1v) is 8.39. The molecule has 1 aliphatic heterocycles. The number of nitrogens with one attached hydrogen (secondary N) is 1. The van der Waals surface area contributed by atoms with Crippen LogP contribution in [0.25, 0.3) is 0 Å². The molecule has 0 saturated heterocycles. The van der Waals surface area contributed by atoms with E-state index in [2.05, 4.69) is 10.4 Å². The molecule has 7 nitrogen and oxygen atoms in total. The number of amides is 2. The molecule has 1 aliphatic rings. The van der Waals surface area contributed by atoms with Crippen LogP contribution in [0.1, 0.15) is 33.1 Å². The molecule has 1 heterocycles. The van der Waals surface area contributed by atoms with E-state index >= 15 is 0 Å². The summed E-state index contributed by atoms with van der Waals surface area (Å²) in [6.45, 7) is 3.50. The van der Waals surface area contributed by atoms with Crippen molar-refractivity contribution < 1.29 is 36.7 Å². The number of nitrogens with zero attached hydrogens (tertiary/aromatic N) is 2. The number of benzene rings is 1. The molecule has 0 bridgehead atoms. The average Bonchev–Trinajstić information content (AvgIpc) is 2.65. The van der Waals surface area contributed by atoms with Gasteiger partial charge in [-0.25, -0.2) is 22.4 Å². The summed E-state index contributed by atoms with van der Waals surface area (Å²) in [5.41, 5.74) is -1.81. The molecule has 0 aliphatic carbocycles. The summed E-state index contributed by atoms with van der Waals surface area (Å²) >= 11 is 0. The predicted octanol–water partition coefficient (Wildman–Crippen LogP) is 2.18. The van der Waals surface area contributed by atoms with E-state index in [0.29, 0.717) is 13.0 Å². The minimum absolute atomic E-state index is 0.0158. The zero-order valence-corrected chi connectivity index (χ0v) is 15.0. The van der Waals surface area contributed by atoms with Gasteiger partial charge in [0.1, 0.15) is 11.4 Å². The van der Waals surface area contributed by atoms with Gasteiger partial charge in [0.15, 0.2) is 29.4 Å². The molecule has 152 valence electrons. The number of hydrogen-bond donors (Lipinski definition) is 1. The van der Waals surface area contributed by atoms with Gasteiger partial charge in [-0.05, 0) is 13.3 Å². The van der Waals surface area contributed by atoms with Crippen LogP contribution in [0.15, 0.2) is 11.2 Å². The highest BCUT2D eigenvalue weighted by Crippen LogP contribution is 2.30. The highest BCUT2D eigenvalue weighted by molar-refractivity contribution is 6.38. The summed E-state index contributed by atoms with van der Waals surface area (Å²) in [6, 6.07) is -0.0158. The van der Waals surface area contributed by atoms with E-state index in [1.54, 1.807) is 0 Å². The van der Waals surface area contributed by atoms with Crippen molar-refractivity contribution in [3.63, 3.8) is 0 Å². The van der Waals surface area contributed by atoms with E-state index in [0.717, 1.165) is 0 Å². The van der Waals surface area contributed by atoms with Gasteiger partial charge >= 0.3 is 5.97 Å². The van der Waals surface area contributed by atoms with E-state index in [-0.39, 0.29) is 17.5 Å². The van der Waals surface area contributed by atoms with Crippen LogP contribution < -0.4 is 10.3 Å². The summed E-state index contributed by atoms with van der Waals surface area (Å²) in [5.74, 6) is -9.78. The van der Waals surface area contributed by atoms with Gasteiger partial charge in [0.2, 0.25) is 5.91 Å². The highest BCUT2D eigenvalue weighted by Gasteiger charge is 2.33. The Morgan fingerprint density at radius 3 is 2.39 bits per heavy atom. The van der Waals surface area contributed by atoms with E-state index in [1.807, 2.05) is 6.92 Å². The van der Waals surface area contributed by atoms with E-state index in [4.69, 9.17) is 4.74 Å². The van der Waals surface area contributed by atoms with Gasteiger partial charge in [0.25, 0.3) is 5.91 Å². The maximum Gasteiger partial charge on any atom is 0.355 e. The van der Waals surface area contributed by atoms with E-state index < -0.39 is 65.0 Å². The molecule has 1 aromatic carbocycles. The van der Waals surface area contributed by atoms with Crippen LogP contribution in [-0.4, -0.2) is 36.1 Å². The Labute approximate surface area is 157 Å². The minimum Gasteiger partial charge on any atom is -0.448 e. The van der Waals surface area contributed by atoms with Crippen LogP contribution >= 0.6 is 0 Å². The van der Waals surface area contributed by atoms with Gasteiger partial charge in [-0.1, -0.05) is 6.92 Å². The quantitative estimate of drug-likeness (QED) is 0.448. The van der Waals surface area contributed by atoms with Gasteiger partial charge in [-0.2, -0.15) is 10.1 Å². The standard InChI is InChI=1S/C17H17F4N3O4/c1-3-6-22-16(26)8(2)28-17(27)11-4-5-12(25)24(23-11)15-13(20)9(18)7-10(19)14(15)21/h7-8H,3-6H2,1-2H3,(H,22,26)/t8-/m1/s1. The Balaban J connectivity index is 2.28. The number of rotatable bonds is 6. The largest absolute Gasteiger partial charge is 0.448 e. The molecule has 0 saturated carbocycles. The molecule has 1 aromatic rings. The van der Waals surface area contributed by atoms with Crippen LogP contribution in [0.5, 0.6) is 0 Å². The Kier molecular flexibility index (Phi) is 6.71. The van der Waals surface area contributed by atoms with Crippen LogP contribution in [-0.2, 0) is 19.1 Å². The second-order valence-electron chi connectivity index (χ2n) is 5.91. The summed E-state index contributed by atoms with van der Waals surface area (Å²) in [7, 11) is 0. The summed E-state index contributed by atoms with van der Waals surface area (Å²) < 4.78 is 59.7. The third-order valence-electron chi connectivity index (χ3n) is 3.77. The Morgan fingerprint density at radius 2 is 1.82 bits per heavy atom. The number of esters is 1. The first kappa shape index (κ1) is 21.3. The molecule has 2 amide bonds. The molecule has 1 atom stereocenters. The lowest BCUT2D eigenvalue weighted by atomic mass is 10.1. The van der Waals surface area contributed by atoms with E-state index in [1.165, 1.54) is 6.92 Å². The topological polar surface area (TPSA) is 88.1 Å². The third-order valence-corrected chi connectivity index (χ3v) is 3.77. The molecule has 0 radical (unpaired) electrons. The summed E-state index contributed by atoms with van der Waals surface area (Å²) in [4.78, 5) is 35.9. The van der Waals surface area contributed by atoms with Crippen LogP contribution in [0.4, 0.5) is 23.2 Å². The van der Waals surface area contributed by atoms with Crippen molar-refractivity contribution in [3.05, 3.63) is 29.3 Å². The fourth-order valence-corrected chi connectivity index (χ4v) is 2.30. The molecule has 0 spiro atoms. The lowest BCUT2D eigenvalue weighted by Crippen LogP contribution is -2.40. The molecule has 0 aromatic heterocycles. The first-order valence-electron chi connectivity index (χ1n) is 8.39. The van der Waals surface area contributed by atoms with Gasteiger partial charge in [-0.3, -0.25) is 9.59 Å². The van der Waals surface area contributed by atoms with Gasteiger partial charge in [-0.15, -0.1) is 0 Å². The van der Waals surface area contributed by atoms with Gasteiger partial charge in [0.05, 0.1) is 0 Å². The number of hydrogen-bond acceptors (Lipinski definition) is 5. The average molecular weight is 403 g/mol.